The van der Waals surface area contributed by atoms with E-state index in [-0.39, 0.29) is 12.1 Å². The molecule has 0 aliphatic rings. The lowest BCUT2D eigenvalue weighted by Gasteiger charge is -2.17. The van der Waals surface area contributed by atoms with Crippen molar-refractivity contribution in [1.82, 2.24) is 0 Å². The fourth-order valence-electron chi connectivity index (χ4n) is 1.50. The van der Waals surface area contributed by atoms with Crippen LogP contribution in [0.5, 0.6) is 5.75 Å². The van der Waals surface area contributed by atoms with Gasteiger partial charge >= 0.3 is 0 Å². The van der Waals surface area contributed by atoms with E-state index in [4.69, 9.17) is 10.5 Å². The van der Waals surface area contributed by atoms with Gasteiger partial charge in [0.15, 0.2) is 0 Å². The maximum atomic E-state index is 6.00. The van der Waals surface area contributed by atoms with Gasteiger partial charge in [0.25, 0.3) is 0 Å². The Morgan fingerprint density at radius 1 is 1.53 bits per heavy atom. The van der Waals surface area contributed by atoms with Crippen molar-refractivity contribution in [2.75, 3.05) is 0 Å². The number of ether oxygens (including phenoxy) is 1. The van der Waals surface area contributed by atoms with Crippen LogP contribution in [0.15, 0.2) is 35.3 Å². The standard InChI is InChI=1S/C14H20BrNO/c1-4-10(3)17-14-7-6-12(15)8-11(14)9-13(16)5-2/h4,6-8,10,13H,1,5,9,16H2,2-3H3. The van der Waals surface area contributed by atoms with Crippen LogP contribution >= 0.6 is 15.9 Å². The first-order valence-corrected chi connectivity index (χ1v) is 6.69. The summed E-state index contributed by atoms with van der Waals surface area (Å²) in [7, 11) is 0. The highest BCUT2D eigenvalue weighted by Gasteiger charge is 2.10. The van der Waals surface area contributed by atoms with E-state index >= 15 is 0 Å². The molecule has 2 N–H and O–H groups in total. The predicted molar refractivity (Wildman–Crippen MR) is 76.4 cm³/mol. The Labute approximate surface area is 112 Å². The molecule has 2 nitrogen and oxygen atoms in total. The molecular weight excluding hydrogens is 278 g/mol. The number of rotatable bonds is 6. The second kappa shape index (κ2) is 6.82. The smallest absolute Gasteiger partial charge is 0.123 e. The van der Waals surface area contributed by atoms with Crippen LogP contribution in [0, 0.1) is 0 Å². The molecule has 1 aromatic rings. The monoisotopic (exact) mass is 297 g/mol. The van der Waals surface area contributed by atoms with E-state index in [1.165, 1.54) is 0 Å². The highest BCUT2D eigenvalue weighted by atomic mass is 79.9. The summed E-state index contributed by atoms with van der Waals surface area (Å²) >= 11 is 3.47. The molecule has 3 heteroatoms. The summed E-state index contributed by atoms with van der Waals surface area (Å²) in [5.41, 5.74) is 7.14. The molecule has 17 heavy (non-hydrogen) atoms. The summed E-state index contributed by atoms with van der Waals surface area (Å²) in [5, 5.41) is 0. The van der Waals surface area contributed by atoms with Crippen molar-refractivity contribution in [3.05, 3.63) is 40.9 Å². The molecular formula is C14H20BrNO. The summed E-state index contributed by atoms with van der Waals surface area (Å²) in [5.74, 6) is 0.893. The van der Waals surface area contributed by atoms with Gasteiger partial charge in [0.1, 0.15) is 11.9 Å². The van der Waals surface area contributed by atoms with E-state index in [9.17, 15) is 0 Å². The van der Waals surface area contributed by atoms with Crippen LogP contribution in [0.1, 0.15) is 25.8 Å². The summed E-state index contributed by atoms with van der Waals surface area (Å²) in [4.78, 5) is 0. The van der Waals surface area contributed by atoms with Gasteiger partial charge in [0.2, 0.25) is 0 Å². The first-order chi connectivity index (χ1) is 8.06. The second-order valence-electron chi connectivity index (χ2n) is 4.18. The third-order valence-electron chi connectivity index (χ3n) is 2.67. The lowest BCUT2D eigenvalue weighted by Crippen LogP contribution is -2.22. The minimum absolute atomic E-state index is 0.00720. The van der Waals surface area contributed by atoms with Crippen LogP contribution in [0.3, 0.4) is 0 Å². The van der Waals surface area contributed by atoms with E-state index < -0.39 is 0 Å². The third kappa shape index (κ3) is 4.52. The van der Waals surface area contributed by atoms with Gasteiger partial charge in [0.05, 0.1) is 0 Å². The van der Waals surface area contributed by atoms with Gasteiger partial charge in [-0.3, -0.25) is 0 Å². The average Bonchev–Trinajstić information content (AvgIpc) is 2.32. The summed E-state index contributed by atoms with van der Waals surface area (Å²) in [6.07, 6.45) is 3.58. The maximum Gasteiger partial charge on any atom is 0.123 e. The van der Waals surface area contributed by atoms with Crippen molar-refractivity contribution in [2.45, 2.75) is 38.8 Å². The minimum atomic E-state index is 0.00720. The Hall–Kier alpha value is -0.800. The minimum Gasteiger partial charge on any atom is -0.486 e. The number of halogens is 1. The van der Waals surface area contributed by atoms with Crippen LogP contribution in [-0.2, 0) is 6.42 Å². The van der Waals surface area contributed by atoms with Crippen molar-refractivity contribution in [3.63, 3.8) is 0 Å². The maximum absolute atomic E-state index is 6.00. The average molecular weight is 298 g/mol. The van der Waals surface area contributed by atoms with Gasteiger partial charge < -0.3 is 10.5 Å². The van der Waals surface area contributed by atoms with Crippen LogP contribution in [0.4, 0.5) is 0 Å². The highest BCUT2D eigenvalue weighted by molar-refractivity contribution is 9.10. The molecule has 0 spiro atoms. The number of hydrogen-bond donors (Lipinski definition) is 1. The van der Waals surface area contributed by atoms with Gasteiger partial charge in [-0.05, 0) is 43.5 Å². The molecule has 0 aromatic heterocycles. The molecule has 1 rings (SSSR count). The largest absolute Gasteiger partial charge is 0.486 e. The number of hydrogen-bond acceptors (Lipinski definition) is 2. The summed E-state index contributed by atoms with van der Waals surface area (Å²) in [6, 6.07) is 6.19. The fraction of sp³-hybridized carbons (Fsp3) is 0.429. The molecule has 0 heterocycles. The highest BCUT2D eigenvalue weighted by Crippen LogP contribution is 2.25. The third-order valence-corrected chi connectivity index (χ3v) is 3.17. The zero-order valence-corrected chi connectivity index (χ0v) is 12.0. The van der Waals surface area contributed by atoms with Crippen molar-refractivity contribution in [1.29, 1.82) is 0 Å². The van der Waals surface area contributed by atoms with Crippen LogP contribution in [0.2, 0.25) is 0 Å². The van der Waals surface area contributed by atoms with E-state index in [0.717, 1.165) is 28.6 Å². The van der Waals surface area contributed by atoms with Crippen molar-refractivity contribution >= 4 is 15.9 Å². The Bertz CT molecular complexity index is 378. The zero-order chi connectivity index (χ0) is 12.8. The fourth-order valence-corrected chi connectivity index (χ4v) is 1.91. The molecule has 0 fully saturated rings. The molecule has 94 valence electrons. The topological polar surface area (TPSA) is 35.2 Å². The van der Waals surface area contributed by atoms with Gasteiger partial charge in [-0.1, -0.05) is 35.5 Å². The first-order valence-electron chi connectivity index (χ1n) is 5.90. The second-order valence-corrected chi connectivity index (χ2v) is 5.10. The van der Waals surface area contributed by atoms with Crippen molar-refractivity contribution < 1.29 is 4.74 Å². The van der Waals surface area contributed by atoms with Crippen LogP contribution in [-0.4, -0.2) is 12.1 Å². The molecule has 0 radical (unpaired) electrons. The Morgan fingerprint density at radius 3 is 2.82 bits per heavy atom. The number of benzene rings is 1. The first kappa shape index (κ1) is 14.3. The van der Waals surface area contributed by atoms with E-state index in [2.05, 4.69) is 35.5 Å². The molecule has 0 bridgehead atoms. The zero-order valence-electron chi connectivity index (χ0n) is 10.4. The van der Waals surface area contributed by atoms with E-state index in [0.29, 0.717) is 0 Å². The SMILES string of the molecule is C=CC(C)Oc1ccc(Br)cc1CC(N)CC. The van der Waals surface area contributed by atoms with Crippen molar-refractivity contribution in [2.24, 2.45) is 5.73 Å². The van der Waals surface area contributed by atoms with E-state index in [1.54, 1.807) is 6.08 Å². The normalized spacial score (nSPS) is 14.1. The molecule has 0 aliphatic carbocycles. The molecule has 1 aromatic carbocycles. The van der Waals surface area contributed by atoms with Gasteiger partial charge in [-0.25, -0.2) is 0 Å². The van der Waals surface area contributed by atoms with Gasteiger partial charge in [-0.15, -0.1) is 0 Å². The predicted octanol–water partition coefficient (Wildman–Crippen LogP) is 3.68. The Morgan fingerprint density at radius 2 is 2.24 bits per heavy atom. The Kier molecular flexibility index (Phi) is 5.72. The molecule has 0 saturated heterocycles. The van der Waals surface area contributed by atoms with Gasteiger partial charge in [-0.2, -0.15) is 0 Å². The molecule has 0 aliphatic heterocycles. The quantitative estimate of drug-likeness (QED) is 0.813. The lowest BCUT2D eigenvalue weighted by molar-refractivity contribution is 0.267. The van der Waals surface area contributed by atoms with Gasteiger partial charge in [0, 0.05) is 10.5 Å². The molecule has 0 saturated carbocycles. The Balaban J connectivity index is 2.90. The summed E-state index contributed by atoms with van der Waals surface area (Å²) < 4.78 is 6.85. The van der Waals surface area contributed by atoms with Crippen LogP contribution < -0.4 is 10.5 Å². The lowest BCUT2D eigenvalue weighted by atomic mass is 10.0. The summed E-state index contributed by atoms with van der Waals surface area (Å²) in [6.45, 7) is 7.79. The van der Waals surface area contributed by atoms with Crippen LogP contribution in [0.25, 0.3) is 0 Å². The van der Waals surface area contributed by atoms with Crippen molar-refractivity contribution in [3.8, 4) is 5.75 Å². The van der Waals surface area contributed by atoms with E-state index in [1.807, 2.05) is 19.1 Å². The molecule has 2 unspecified atom stereocenters. The molecule has 0 amide bonds. The number of nitrogens with two attached hydrogens (primary N) is 1. The molecule has 2 atom stereocenters.